The summed E-state index contributed by atoms with van der Waals surface area (Å²) in [5.74, 6) is -0.913. The number of rotatable bonds is 4. The van der Waals surface area contributed by atoms with E-state index in [1.165, 1.54) is 13.2 Å². The Hall–Kier alpha value is -4.16. The first-order valence-electron chi connectivity index (χ1n) is 13.0. The van der Waals surface area contributed by atoms with E-state index in [9.17, 15) is 19.8 Å². The summed E-state index contributed by atoms with van der Waals surface area (Å²) in [6.45, 7) is 0.705. The van der Waals surface area contributed by atoms with Gasteiger partial charge in [-0.15, -0.1) is 0 Å². The van der Waals surface area contributed by atoms with Gasteiger partial charge in [0.1, 0.15) is 11.3 Å². The number of fused-ring (bicyclic) bond motifs is 3. The Morgan fingerprint density at radius 3 is 2.58 bits per heavy atom. The van der Waals surface area contributed by atoms with Crippen molar-refractivity contribution < 1.29 is 24.5 Å². The summed E-state index contributed by atoms with van der Waals surface area (Å²) in [6.07, 6.45) is 1.77. The molecule has 0 aromatic heterocycles. The van der Waals surface area contributed by atoms with E-state index in [0.717, 1.165) is 34.7 Å². The molecule has 6 heteroatoms. The van der Waals surface area contributed by atoms with Crippen molar-refractivity contribution in [2.24, 2.45) is 5.92 Å². The fourth-order valence-electron chi connectivity index (χ4n) is 7.54. The quantitative estimate of drug-likeness (QED) is 0.361. The van der Waals surface area contributed by atoms with Crippen molar-refractivity contribution >= 4 is 22.3 Å². The van der Waals surface area contributed by atoms with E-state index in [-0.39, 0.29) is 35.0 Å². The zero-order chi connectivity index (χ0) is 26.2. The number of hydrogen-bond acceptors (Lipinski definition) is 6. The third-order valence-corrected chi connectivity index (χ3v) is 8.88. The Balaban J connectivity index is 1.53. The molecular weight excluding hydrogens is 478 g/mol. The van der Waals surface area contributed by atoms with Crippen LogP contribution in [0.2, 0.25) is 0 Å². The summed E-state index contributed by atoms with van der Waals surface area (Å²) in [5, 5.41) is 22.5. The number of ether oxygens (including phenoxy) is 1. The lowest BCUT2D eigenvalue weighted by molar-refractivity contribution is 0.0519. The van der Waals surface area contributed by atoms with Gasteiger partial charge >= 0.3 is 0 Å². The molecule has 2 fully saturated rings. The van der Waals surface area contributed by atoms with Crippen molar-refractivity contribution in [3.8, 4) is 17.2 Å². The third-order valence-electron chi connectivity index (χ3n) is 8.88. The van der Waals surface area contributed by atoms with Gasteiger partial charge in [0.25, 0.3) is 0 Å². The summed E-state index contributed by atoms with van der Waals surface area (Å²) < 4.78 is 5.44. The lowest BCUT2D eigenvalue weighted by atomic mass is 9.68. The van der Waals surface area contributed by atoms with Crippen LogP contribution in [-0.2, 0) is 5.54 Å². The lowest BCUT2D eigenvalue weighted by Gasteiger charge is -2.38. The van der Waals surface area contributed by atoms with E-state index in [1.807, 2.05) is 42.5 Å². The summed E-state index contributed by atoms with van der Waals surface area (Å²) in [7, 11) is 1.50. The number of nitrogens with zero attached hydrogens (tertiary/aromatic N) is 1. The highest BCUT2D eigenvalue weighted by molar-refractivity contribution is 6.22. The van der Waals surface area contributed by atoms with Gasteiger partial charge in [-0.2, -0.15) is 0 Å². The fourth-order valence-corrected chi connectivity index (χ4v) is 7.54. The van der Waals surface area contributed by atoms with Gasteiger partial charge in [-0.05, 0) is 65.6 Å². The number of benzene rings is 4. The molecule has 0 saturated carbocycles. The molecule has 1 aliphatic carbocycles. The first kappa shape index (κ1) is 23.0. The minimum Gasteiger partial charge on any atom is -0.508 e. The Morgan fingerprint density at radius 1 is 1.00 bits per heavy atom. The summed E-state index contributed by atoms with van der Waals surface area (Å²) >= 11 is 0. The monoisotopic (exact) mass is 505 g/mol. The van der Waals surface area contributed by atoms with Crippen molar-refractivity contribution in [2.75, 3.05) is 13.7 Å². The van der Waals surface area contributed by atoms with Crippen LogP contribution in [0, 0.1) is 5.92 Å². The molecule has 4 atom stereocenters. The van der Waals surface area contributed by atoms with Crippen LogP contribution in [0.1, 0.15) is 50.6 Å². The minimum atomic E-state index is -1.16. The SMILES string of the molecule is COc1cc(C2C3CCCN3C3(C(=O)c4cccc5cccc3c45)C2C(=O)c2cccc(O)c2)ccc1O. The predicted octanol–water partition coefficient (Wildman–Crippen LogP) is 5.41. The molecule has 2 aliphatic heterocycles. The Morgan fingerprint density at radius 2 is 1.79 bits per heavy atom. The topological polar surface area (TPSA) is 87.1 Å². The van der Waals surface area contributed by atoms with Crippen LogP contribution in [0.4, 0.5) is 0 Å². The van der Waals surface area contributed by atoms with Crippen molar-refractivity contribution in [1.29, 1.82) is 0 Å². The smallest absolute Gasteiger partial charge is 0.189 e. The first-order chi connectivity index (χ1) is 18.5. The molecule has 7 rings (SSSR count). The van der Waals surface area contributed by atoms with Gasteiger partial charge < -0.3 is 14.9 Å². The molecule has 2 saturated heterocycles. The molecule has 0 bridgehead atoms. The van der Waals surface area contributed by atoms with Crippen molar-refractivity contribution in [3.05, 3.63) is 101 Å². The summed E-state index contributed by atoms with van der Waals surface area (Å²) in [5.41, 5.74) is 1.60. The van der Waals surface area contributed by atoms with Crippen molar-refractivity contribution in [1.82, 2.24) is 4.90 Å². The van der Waals surface area contributed by atoms with Crippen LogP contribution in [-0.4, -0.2) is 46.4 Å². The number of aromatic hydroxyl groups is 2. The molecule has 0 amide bonds. The molecular formula is C32H27NO5. The number of ketones is 2. The van der Waals surface area contributed by atoms with Gasteiger partial charge in [0.2, 0.25) is 0 Å². The minimum absolute atomic E-state index is 0.00869. The molecule has 4 aromatic carbocycles. The summed E-state index contributed by atoms with van der Waals surface area (Å²) in [4.78, 5) is 31.6. The molecule has 38 heavy (non-hydrogen) atoms. The number of phenolic OH excluding ortho intramolecular Hbond substituents is 2. The normalized spacial score (nSPS) is 25.8. The van der Waals surface area contributed by atoms with Crippen LogP contribution in [0.15, 0.2) is 78.9 Å². The number of phenols is 2. The van der Waals surface area contributed by atoms with Crippen LogP contribution in [0.5, 0.6) is 17.2 Å². The molecule has 3 aliphatic rings. The molecule has 4 unspecified atom stereocenters. The van der Waals surface area contributed by atoms with Gasteiger partial charge in [-0.1, -0.05) is 54.6 Å². The van der Waals surface area contributed by atoms with E-state index in [4.69, 9.17) is 4.74 Å². The first-order valence-corrected chi connectivity index (χ1v) is 13.0. The zero-order valence-electron chi connectivity index (χ0n) is 20.9. The second-order valence-corrected chi connectivity index (χ2v) is 10.6. The van der Waals surface area contributed by atoms with Crippen LogP contribution >= 0.6 is 0 Å². The second kappa shape index (κ2) is 8.17. The average molecular weight is 506 g/mol. The maximum absolute atomic E-state index is 14.7. The number of Topliss-reactive ketones (excluding diaryl/α,β-unsaturated/α-hetero) is 2. The summed E-state index contributed by atoms with van der Waals surface area (Å²) in [6, 6.07) is 23.4. The molecule has 2 heterocycles. The average Bonchev–Trinajstić information content (AvgIpc) is 3.58. The number of carbonyl (C=O) groups is 2. The molecule has 190 valence electrons. The zero-order valence-corrected chi connectivity index (χ0v) is 20.9. The van der Waals surface area contributed by atoms with Crippen LogP contribution in [0.3, 0.4) is 0 Å². The molecule has 6 nitrogen and oxygen atoms in total. The molecule has 1 spiro atoms. The van der Waals surface area contributed by atoms with Gasteiger partial charge in [-0.3, -0.25) is 14.5 Å². The molecule has 2 N–H and O–H groups in total. The molecule has 4 aromatic rings. The standard InChI is InChI=1S/C32H27NO5/c1-38-26-17-19(13-14-25(26)35)28-24-12-5-15-33(24)32(29(28)30(36)20-8-2-9-21(34)16-20)23-11-4-7-18-6-3-10-22(27(18)23)31(32)37/h2-4,6-11,13-14,16-17,24,28-29,34-35H,5,12,15H2,1H3. The lowest BCUT2D eigenvalue weighted by Crippen LogP contribution is -2.51. The Labute approximate surface area is 220 Å². The van der Waals surface area contributed by atoms with E-state index < -0.39 is 11.5 Å². The third kappa shape index (κ3) is 2.86. The van der Waals surface area contributed by atoms with Gasteiger partial charge in [0.15, 0.2) is 23.1 Å². The highest BCUT2D eigenvalue weighted by Crippen LogP contribution is 2.62. The van der Waals surface area contributed by atoms with E-state index in [0.29, 0.717) is 23.4 Å². The van der Waals surface area contributed by atoms with Crippen molar-refractivity contribution in [2.45, 2.75) is 30.3 Å². The Kier molecular flexibility index (Phi) is 4.94. The number of methoxy groups -OCH3 is 1. The van der Waals surface area contributed by atoms with E-state index >= 15 is 0 Å². The van der Waals surface area contributed by atoms with Gasteiger partial charge in [0, 0.05) is 23.1 Å². The van der Waals surface area contributed by atoms with Crippen LogP contribution < -0.4 is 4.74 Å². The maximum Gasteiger partial charge on any atom is 0.189 e. The molecule has 0 radical (unpaired) electrons. The fraction of sp³-hybridized carbons (Fsp3) is 0.250. The van der Waals surface area contributed by atoms with E-state index in [1.54, 1.807) is 30.3 Å². The van der Waals surface area contributed by atoms with E-state index in [2.05, 4.69) is 4.90 Å². The highest BCUT2D eigenvalue weighted by Gasteiger charge is 2.69. The van der Waals surface area contributed by atoms with Gasteiger partial charge in [-0.25, -0.2) is 0 Å². The predicted molar refractivity (Wildman–Crippen MR) is 143 cm³/mol. The largest absolute Gasteiger partial charge is 0.508 e. The van der Waals surface area contributed by atoms with Gasteiger partial charge in [0.05, 0.1) is 13.0 Å². The second-order valence-electron chi connectivity index (χ2n) is 10.6. The highest BCUT2D eigenvalue weighted by atomic mass is 16.5. The van der Waals surface area contributed by atoms with Crippen LogP contribution in [0.25, 0.3) is 10.8 Å². The maximum atomic E-state index is 14.7. The Bertz CT molecular complexity index is 1640. The number of hydrogen-bond donors (Lipinski definition) is 2. The number of carbonyl (C=O) groups excluding carboxylic acids is 2. The van der Waals surface area contributed by atoms with Crippen molar-refractivity contribution in [3.63, 3.8) is 0 Å².